The molecule has 0 amide bonds. The molecule has 0 aliphatic rings. The van der Waals surface area contributed by atoms with Crippen molar-refractivity contribution in [3.63, 3.8) is 0 Å². The van der Waals surface area contributed by atoms with Crippen molar-refractivity contribution >= 4 is 5.97 Å². The van der Waals surface area contributed by atoms with Crippen molar-refractivity contribution in [2.45, 2.75) is 30.5 Å². The van der Waals surface area contributed by atoms with Crippen LogP contribution in [0.2, 0.25) is 0 Å². The Hall–Kier alpha value is -2.59. The molecule has 0 spiro atoms. The van der Waals surface area contributed by atoms with Crippen LogP contribution in [-0.4, -0.2) is 30.5 Å². The Labute approximate surface area is 162 Å². The number of methoxy groups -OCH3 is 1. The number of carbonyl (C=O) groups excluding carboxylic acids is 1. The van der Waals surface area contributed by atoms with Gasteiger partial charge in [-0.05, 0) is 11.1 Å². The minimum atomic E-state index is -5.95. The van der Waals surface area contributed by atoms with Crippen molar-refractivity contribution in [1.82, 2.24) is 5.32 Å². The van der Waals surface area contributed by atoms with Gasteiger partial charge < -0.3 is 9.84 Å². The van der Waals surface area contributed by atoms with Gasteiger partial charge in [0.1, 0.15) is 6.04 Å². The van der Waals surface area contributed by atoms with Crippen LogP contribution in [-0.2, 0) is 21.7 Å². The molecule has 0 saturated heterocycles. The number of esters is 1. The van der Waals surface area contributed by atoms with E-state index in [1.165, 1.54) is 7.11 Å². The molecule has 158 valence electrons. The zero-order chi connectivity index (χ0) is 21.9. The lowest BCUT2D eigenvalue weighted by atomic mass is 9.91. The number of alkyl halides is 6. The minimum Gasteiger partial charge on any atom is -0.468 e. The topological polar surface area (TPSA) is 58.6 Å². The zero-order valence-electron chi connectivity index (χ0n) is 15.0. The molecule has 0 heterocycles. The number of hydrogen-bond acceptors (Lipinski definition) is 4. The third kappa shape index (κ3) is 4.70. The Morgan fingerprint density at radius 2 is 1.48 bits per heavy atom. The maximum Gasteiger partial charge on any atom is 0.430 e. The van der Waals surface area contributed by atoms with E-state index >= 15 is 0 Å². The summed E-state index contributed by atoms with van der Waals surface area (Å²) in [7, 11) is 1.18. The number of halogens is 6. The molecule has 4 nitrogen and oxygen atoms in total. The van der Waals surface area contributed by atoms with Crippen LogP contribution in [0.3, 0.4) is 0 Å². The number of ether oxygens (including phenoxy) is 1. The van der Waals surface area contributed by atoms with Gasteiger partial charge in [-0.15, -0.1) is 0 Å². The summed E-state index contributed by atoms with van der Waals surface area (Å²) in [6.45, 7) is -0.0502. The highest BCUT2D eigenvalue weighted by atomic mass is 19.4. The molecule has 0 fully saturated rings. The van der Waals surface area contributed by atoms with E-state index in [-0.39, 0.29) is 6.54 Å². The average Bonchev–Trinajstić information content (AvgIpc) is 2.66. The van der Waals surface area contributed by atoms with Crippen LogP contribution < -0.4 is 5.32 Å². The van der Waals surface area contributed by atoms with Gasteiger partial charge >= 0.3 is 18.3 Å². The van der Waals surface area contributed by atoms with Crippen LogP contribution in [0.4, 0.5) is 26.3 Å². The summed E-state index contributed by atoms with van der Waals surface area (Å²) in [6.07, 6.45) is -11.9. The fourth-order valence-corrected chi connectivity index (χ4v) is 2.67. The lowest BCUT2D eigenvalue weighted by molar-refractivity contribution is -0.376. The Bertz CT molecular complexity index is 805. The van der Waals surface area contributed by atoms with E-state index in [2.05, 4.69) is 5.32 Å². The highest BCUT2D eigenvalue weighted by Gasteiger charge is 2.71. The van der Waals surface area contributed by atoms with Crippen LogP contribution >= 0.6 is 0 Å². The Kier molecular flexibility index (Phi) is 6.59. The second-order valence-electron chi connectivity index (χ2n) is 6.15. The van der Waals surface area contributed by atoms with Gasteiger partial charge in [-0.1, -0.05) is 54.6 Å². The molecule has 2 aromatic rings. The standard InChI is InChI=1S/C19H17F6NO3/c1-29-16(27)15(13-5-3-2-4-6-13)26-11-12-7-9-14(10-8-12)17(28,18(20,21)22)19(23,24)25/h2-10,15,26,28H,11H2,1H3. The fourth-order valence-electron chi connectivity index (χ4n) is 2.67. The van der Waals surface area contributed by atoms with Gasteiger partial charge in [0.05, 0.1) is 7.11 Å². The van der Waals surface area contributed by atoms with E-state index < -0.39 is 35.5 Å². The third-order valence-corrected chi connectivity index (χ3v) is 4.27. The molecule has 10 heteroatoms. The highest BCUT2D eigenvalue weighted by Crippen LogP contribution is 2.49. The van der Waals surface area contributed by atoms with E-state index in [1.54, 1.807) is 30.3 Å². The monoisotopic (exact) mass is 421 g/mol. The van der Waals surface area contributed by atoms with Crippen LogP contribution in [0, 0.1) is 0 Å². The summed E-state index contributed by atoms with van der Waals surface area (Å²) < 4.78 is 82.2. The molecule has 2 rings (SSSR count). The molecular weight excluding hydrogens is 404 g/mol. The molecule has 0 aliphatic carbocycles. The van der Waals surface area contributed by atoms with Crippen LogP contribution in [0.5, 0.6) is 0 Å². The van der Waals surface area contributed by atoms with Gasteiger partial charge in [0, 0.05) is 12.1 Å². The van der Waals surface area contributed by atoms with Crippen LogP contribution in [0.1, 0.15) is 22.7 Å². The number of rotatable bonds is 6. The molecule has 2 aromatic carbocycles. The number of hydrogen-bond donors (Lipinski definition) is 2. The summed E-state index contributed by atoms with van der Waals surface area (Å²) in [5, 5.41) is 12.2. The van der Waals surface area contributed by atoms with Crippen molar-refractivity contribution in [1.29, 1.82) is 0 Å². The van der Waals surface area contributed by atoms with Crippen LogP contribution in [0.25, 0.3) is 0 Å². The van der Waals surface area contributed by atoms with Gasteiger partial charge in [-0.2, -0.15) is 26.3 Å². The van der Waals surface area contributed by atoms with Gasteiger partial charge in [-0.25, -0.2) is 4.79 Å². The minimum absolute atomic E-state index is 0.0502. The van der Waals surface area contributed by atoms with E-state index in [0.29, 0.717) is 23.3 Å². The maximum atomic E-state index is 12.9. The quantitative estimate of drug-likeness (QED) is 0.547. The first-order valence-corrected chi connectivity index (χ1v) is 8.23. The summed E-state index contributed by atoms with van der Waals surface area (Å²) >= 11 is 0. The summed E-state index contributed by atoms with van der Waals surface area (Å²) in [4.78, 5) is 12.0. The second kappa shape index (κ2) is 8.42. The largest absolute Gasteiger partial charge is 0.468 e. The molecule has 0 bridgehead atoms. The van der Waals surface area contributed by atoms with E-state index in [0.717, 1.165) is 12.1 Å². The van der Waals surface area contributed by atoms with Gasteiger partial charge in [0.25, 0.3) is 5.60 Å². The van der Waals surface area contributed by atoms with E-state index in [1.807, 2.05) is 0 Å². The van der Waals surface area contributed by atoms with Crippen molar-refractivity contribution in [2.75, 3.05) is 7.11 Å². The number of benzene rings is 2. The fraction of sp³-hybridized carbons (Fsp3) is 0.316. The van der Waals surface area contributed by atoms with Gasteiger partial charge in [0.2, 0.25) is 0 Å². The van der Waals surface area contributed by atoms with E-state index in [4.69, 9.17) is 4.74 Å². The predicted molar refractivity (Wildman–Crippen MR) is 90.5 cm³/mol. The molecular formula is C19H17F6NO3. The number of aliphatic hydroxyl groups is 1. The van der Waals surface area contributed by atoms with Crippen LogP contribution in [0.15, 0.2) is 54.6 Å². The zero-order valence-corrected chi connectivity index (χ0v) is 15.0. The van der Waals surface area contributed by atoms with Crippen molar-refractivity contribution in [3.8, 4) is 0 Å². The first-order chi connectivity index (χ1) is 13.4. The predicted octanol–water partition coefficient (Wildman–Crippen LogP) is 4.00. The molecule has 0 radical (unpaired) electrons. The normalized spacial score (nSPS) is 13.8. The molecule has 1 atom stereocenters. The number of carbonyl (C=O) groups is 1. The second-order valence-corrected chi connectivity index (χ2v) is 6.15. The lowest BCUT2D eigenvalue weighted by Crippen LogP contribution is -2.53. The van der Waals surface area contributed by atoms with Gasteiger partial charge in [0.15, 0.2) is 0 Å². The van der Waals surface area contributed by atoms with E-state index in [9.17, 15) is 36.2 Å². The highest BCUT2D eigenvalue weighted by molar-refractivity contribution is 5.77. The molecule has 2 N–H and O–H groups in total. The van der Waals surface area contributed by atoms with Crippen molar-refractivity contribution in [2.24, 2.45) is 0 Å². The molecule has 0 saturated carbocycles. The van der Waals surface area contributed by atoms with Crippen molar-refractivity contribution < 1.29 is 41.0 Å². The summed E-state index contributed by atoms with van der Waals surface area (Å²) in [5.41, 5.74) is -5.47. The lowest BCUT2D eigenvalue weighted by Gasteiger charge is -2.32. The Morgan fingerprint density at radius 3 is 1.93 bits per heavy atom. The summed E-state index contributed by atoms with van der Waals surface area (Å²) in [6, 6.07) is 10.7. The molecule has 29 heavy (non-hydrogen) atoms. The maximum absolute atomic E-state index is 12.9. The Balaban J connectivity index is 2.23. The number of nitrogens with one attached hydrogen (secondary N) is 1. The molecule has 1 unspecified atom stereocenters. The van der Waals surface area contributed by atoms with Gasteiger partial charge in [-0.3, -0.25) is 5.32 Å². The smallest absolute Gasteiger partial charge is 0.430 e. The summed E-state index contributed by atoms with van der Waals surface area (Å²) in [5.74, 6) is -0.615. The molecule has 0 aromatic heterocycles. The first kappa shape index (κ1) is 22.7. The third-order valence-electron chi connectivity index (χ3n) is 4.27. The Morgan fingerprint density at radius 1 is 0.966 bits per heavy atom. The first-order valence-electron chi connectivity index (χ1n) is 8.23. The SMILES string of the molecule is COC(=O)C(NCc1ccc(C(O)(C(F)(F)F)C(F)(F)F)cc1)c1ccccc1. The molecule has 0 aliphatic heterocycles. The van der Waals surface area contributed by atoms with Crippen molar-refractivity contribution in [3.05, 3.63) is 71.3 Å². The average molecular weight is 421 g/mol.